The van der Waals surface area contributed by atoms with Crippen molar-refractivity contribution in [1.82, 2.24) is 4.98 Å². The molecular weight excluding hydrogens is 303 g/mol. The van der Waals surface area contributed by atoms with E-state index in [9.17, 15) is 4.79 Å². The van der Waals surface area contributed by atoms with Crippen LogP contribution in [0.5, 0.6) is 0 Å². The molecule has 0 bridgehead atoms. The summed E-state index contributed by atoms with van der Waals surface area (Å²) in [6.45, 7) is 3.82. The van der Waals surface area contributed by atoms with Crippen LogP contribution in [-0.4, -0.2) is 10.9 Å². The molecule has 2 rings (SSSR count). The SMILES string of the molecule is Cc1nc(C)c(CC(=O)Nc2cc(Cl)ccc2Cl)s1. The topological polar surface area (TPSA) is 42.0 Å². The predicted octanol–water partition coefficient (Wildman–Crippen LogP) is 4.25. The second kappa shape index (κ2) is 5.90. The molecule has 0 atom stereocenters. The summed E-state index contributed by atoms with van der Waals surface area (Å²) in [5.41, 5.74) is 1.42. The van der Waals surface area contributed by atoms with Gasteiger partial charge in [-0.05, 0) is 32.0 Å². The van der Waals surface area contributed by atoms with Crippen LogP contribution >= 0.6 is 34.5 Å². The highest BCUT2D eigenvalue weighted by molar-refractivity contribution is 7.11. The van der Waals surface area contributed by atoms with Crippen molar-refractivity contribution in [2.45, 2.75) is 20.3 Å². The first-order chi connectivity index (χ1) is 8.95. The summed E-state index contributed by atoms with van der Waals surface area (Å²) in [5.74, 6) is -0.129. The number of benzene rings is 1. The Morgan fingerprint density at radius 2 is 2.11 bits per heavy atom. The number of nitrogens with one attached hydrogen (secondary N) is 1. The Kier molecular flexibility index (Phi) is 4.45. The van der Waals surface area contributed by atoms with Gasteiger partial charge in [-0.3, -0.25) is 4.79 Å². The van der Waals surface area contributed by atoms with Crippen LogP contribution in [0.4, 0.5) is 5.69 Å². The van der Waals surface area contributed by atoms with Crippen LogP contribution < -0.4 is 5.32 Å². The minimum atomic E-state index is -0.129. The van der Waals surface area contributed by atoms with E-state index in [1.54, 1.807) is 18.2 Å². The average molecular weight is 315 g/mol. The van der Waals surface area contributed by atoms with Crippen molar-refractivity contribution in [1.29, 1.82) is 0 Å². The van der Waals surface area contributed by atoms with E-state index in [1.165, 1.54) is 11.3 Å². The Bertz CT molecular complexity index is 625. The zero-order valence-corrected chi connectivity index (χ0v) is 12.8. The molecule has 0 aliphatic heterocycles. The van der Waals surface area contributed by atoms with E-state index in [1.807, 2.05) is 13.8 Å². The van der Waals surface area contributed by atoms with Gasteiger partial charge in [0, 0.05) is 9.90 Å². The number of carbonyl (C=O) groups excluding carboxylic acids is 1. The van der Waals surface area contributed by atoms with Gasteiger partial charge >= 0.3 is 0 Å². The number of nitrogens with zero attached hydrogens (tertiary/aromatic N) is 1. The van der Waals surface area contributed by atoms with Crippen molar-refractivity contribution < 1.29 is 4.79 Å². The summed E-state index contributed by atoms with van der Waals surface area (Å²) >= 11 is 13.4. The maximum atomic E-state index is 12.0. The quantitative estimate of drug-likeness (QED) is 0.920. The van der Waals surface area contributed by atoms with E-state index in [-0.39, 0.29) is 5.91 Å². The van der Waals surface area contributed by atoms with E-state index in [2.05, 4.69) is 10.3 Å². The highest BCUT2D eigenvalue weighted by atomic mass is 35.5. The maximum absolute atomic E-state index is 12.0. The van der Waals surface area contributed by atoms with Crippen molar-refractivity contribution >= 4 is 46.1 Å². The summed E-state index contributed by atoms with van der Waals surface area (Å²) < 4.78 is 0. The Balaban J connectivity index is 2.09. The van der Waals surface area contributed by atoms with Gasteiger partial charge in [0.25, 0.3) is 0 Å². The number of hydrogen-bond donors (Lipinski definition) is 1. The summed E-state index contributed by atoms with van der Waals surface area (Å²) in [7, 11) is 0. The Hall–Kier alpha value is -1.10. The number of carbonyl (C=O) groups is 1. The molecule has 2 aromatic rings. The summed E-state index contributed by atoms with van der Waals surface area (Å²) in [6, 6.07) is 4.96. The lowest BCUT2D eigenvalue weighted by molar-refractivity contribution is -0.115. The molecule has 1 aromatic carbocycles. The second-order valence-corrected chi connectivity index (χ2v) is 6.22. The zero-order chi connectivity index (χ0) is 14.0. The molecule has 3 nitrogen and oxygen atoms in total. The lowest BCUT2D eigenvalue weighted by Crippen LogP contribution is -2.14. The zero-order valence-electron chi connectivity index (χ0n) is 10.5. The number of aromatic nitrogens is 1. The number of halogens is 2. The minimum Gasteiger partial charge on any atom is -0.324 e. The highest BCUT2D eigenvalue weighted by Crippen LogP contribution is 2.26. The molecule has 1 amide bonds. The first-order valence-corrected chi connectivity index (χ1v) is 7.21. The van der Waals surface area contributed by atoms with Crippen LogP contribution in [0.3, 0.4) is 0 Å². The Morgan fingerprint density at radius 1 is 1.37 bits per heavy atom. The molecule has 0 saturated carbocycles. The van der Waals surface area contributed by atoms with E-state index in [0.29, 0.717) is 22.2 Å². The maximum Gasteiger partial charge on any atom is 0.229 e. The van der Waals surface area contributed by atoms with E-state index in [0.717, 1.165) is 15.6 Å². The third-order valence-electron chi connectivity index (χ3n) is 2.52. The normalized spacial score (nSPS) is 10.5. The Labute approximate surface area is 125 Å². The van der Waals surface area contributed by atoms with Gasteiger partial charge in [-0.1, -0.05) is 23.2 Å². The van der Waals surface area contributed by atoms with Crippen LogP contribution in [0, 0.1) is 13.8 Å². The molecule has 0 aliphatic rings. The molecule has 0 fully saturated rings. The monoisotopic (exact) mass is 314 g/mol. The predicted molar refractivity (Wildman–Crippen MR) is 80.4 cm³/mol. The molecule has 1 N–H and O–H groups in total. The largest absolute Gasteiger partial charge is 0.324 e. The van der Waals surface area contributed by atoms with Gasteiger partial charge < -0.3 is 5.32 Å². The summed E-state index contributed by atoms with van der Waals surface area (Å²) in [5, 5.41) is 4.72. The fourth-order valence-corrected chi connectivity index (χ4v) is 2.94. The number of hydrogen-bond acceptors (Lipinski definition) is 3. The lowest BCUT2D eigenvalue weighted by atomic mass is 10.2. The molecule has 0 unspecified atom stereocenters. The molecule has 0 spiro atoms. The van der Waals surface area contributed by atoms with Crippen molar-refractivity contribution in [2.75, 3.05) is 5.32 Å². The van der Waals surface area contributed by atoms with Crippen LogP contribution in [0.2, 0.25) is 10.0 Å². The van der Waals surface area contributed by atoms with E-state index in [4.69, 9.17) is 23.2 Å². The van der Waals surface area contributed by atoms with Gasteiger partial charge in [-0.25, -0.2) is 4.98 Å². The van der Waals surface area contributed by atoms with Crippen LogP contribution in [-0.2, 0) is 11.2 Å². The summed E-state index contributed by atoms with van der Waals surface area (Å²) in [4.78, 5) is 17.2. The van der Waals surface area contributed by atoms with Gasteiger partial charge in [0.15, 0.2) is 0 Å². The molecule has 0 aliphatic carbocycles. The smallest absolute Gasteiger partial charge is 0.229 e. The standard InChI is InChI=1S/C13H12Cl2N2OS/c1-7-12(19-8(2)16-7)6-13(18)17-11-5-9(14)3-4-10(11)15/h3-5H,6H2,1-2H3,(H,17,18). The van der Waals surface area contributed by atoms with Gasteiger partial charge in [0.05, 0.1) is 27.8 Å². The van der Waals surface area contributed by atoms with Crippen molar-refractivity contribution in [3.63, 3.8) is 0 Å². The second-order valence-electron chi connectivity index (χ2n) is 4.09. The van der Waals surface area contributed by atoms with Crippen molar-refractivity contribution in [2.24, 2.45) is 0 Å². The molecule has 1 aromatic heterocycles. The van der Waals surface area contributed by atoms with Crippen LogP contribution in [0.25, 0.3) is 0 Å². The molecule has 19 heavy (non-hydrogen) atoms. The third kappa shape index (κ3) is 3.69. The third-order valence-corrected chi connectivity index (χ3v) is 4.16. The molecule has 0 radical (unpaired) electrons. The molecular formula is C13H12Cl2N2OS. The number of amides is 1. The first-order valence-electron chi connectivity index (χ1n) is 5.63. The minimum absolute atomic E-state index is 0.129. The van der Waals surface area contributed by atoms with Crippen LogP contribution in [0.15, 0.2) is 18.2 Å². The van der Waals surface area contributed by atoms with Crippen LogP contribution in [0.1, 0.15) is 15.6 Å². The fraction of sp³-hybridized carbons (Fsp3) is 0.231. The first kappa shape index (κ1) is 14.3. The molecule has 6 heteroatoms. The molecule has 0 saturated heterocycles. The highest BCUT2D eigenvalue weighted by Gasteiger charge is 2.12. The van der Waals surface area contributed by atoms with Crippen molar-refractivity contribution in [3.8, 4) is 0 Å². The van der Waals surface area contributed by atoms with E-state index >= 15 is 0 Å². The average Bonchev–Trinajstić information content (AvgIpc) is 2.62. The van der Waals surface area contributed by atoms with Gasteiger partial charge in [0.2, 0.25) is 5.91 Å². The number of thiazole rings is 1. The van der Waals surface area contributed by atoms with Gasteiger partial charge in [-0.15, -0.1) is 11.3 Å². The Morgan fingerprint density at radius 3 is 2.74 bits per heavy atom. The lowest BCUT2D eigenvalue weighted by Gasteiger charge is -2.07. The fourth-order valence-electron chi connectivity index (χ4n) is 1.67. The summed E-state index contributed by atoms with van der Waals surface area (Å²) in [6.07, 6.45) is 0.292. The number of rotatable bonds is 3. The molecule has 100 valence electrons. The number of aryl methyl sites for hydroxylation is 2. The van der Waals surface area contributed by atoms with E-state index < -0.39 is 0 Å². The van der Waals surface area contributed by atoms with Crippen molar-refractivity contribution in [3.05, 3.63) is 43.8 Å². The van der Waals surface area contributed by atoms with Gasteiger partial charge in [-0.2, -0.15) is 0 Å². The molecule has 1 heterocycles. The van der Waals surface area contributed by atoms with Gasteiger partial charge in [0.1, 0.15) is 0 Å². The number of anilines is 1.